The average molecular weight is 338 g/mol. The molecule has 2 aromatic rings. The van der Waals surface area contributed by atoms with Crippen LogP contribution in [0.4, 0.5) is 0 Å². The maximum atomic E-state index is 12.6. The molecule has 0 spiro atoms. The highest BCUT2D eigenvalue weighted by Crippen LogP contribution is 2.46. The highest BCUT2D eigenvalue weighted by Gasteiger charge is 2.39. The average Bonchev–Trinajstić information content (AvgIpc) is 2.98. The minimum absolute atomic E-state index is 0.207. The number of carbonyl (C=O) groups is 3. The molecule has 25 heavy (non-hydrogen) atoms. The molecule has 0 bridgehead atoms. The quantitative estimate of drug-likeness (QED) is 0.734. The van der Waals surface area contributed by atoms with E-state index >= 15 is 0 Å². The highest BCUT2D eigenvalue weighted by atomic mass is 16.5. The number of carbonyl (C=O) groups excluding carboxylic acids is 3. The van der Waals surface area contributed by atoms with E-state index < -0.39 is 17.9 Å². The number of benzene rings is 2. The number of ether oxygens (including phenoxy) is 1. The number of nitrogens with two attached hydrogens (primary N) is 1. The minimum Gasteiger partial charge on any atom is -0.455 e. The van der Waals surface area contributed by atoms with Gasteiger partial charge in [0.2, 0.25) is 5.91 Å². The zero-order valence-electron chi connectivity index (χ0n) is 13.5. The Balaban J connectivity index is 1.97. The molecule has 3 N–H and O–H groups in total. The number of ketones is 1. The van der Waals surface area contributed by atoms with Crippen molar-refractivity contribution in [3.05, 3.63) is 59.7 Å². The van der Waals surface area contributed by atoms with Crippen LogP contribution < -0.4 is 11.1 Å². The van der Waals surface area contributed by atoms with E-state index in [9.17, 15) is 14.4 Å². The highest BCUT2D eigenvalue weighted by molar-refractivity contribution is 5.93. The van der Waals surface area contributed by atoms with E-state index in [0.717, 1.165) is 22.3 Å². The molecule has 0 fully saturated rings. The Morgan fingerprint density at radius 1 is 1.08 bits per heavy atom. The summed E-state index contributed by atoms with van der Waals surface area (Å²) in [4.78, 5) is 34.9. The maximum Gasteiger partial charge on any atom is 0.293 e. The largest absolute Gasteiger partial charge is 0.455 e. The van der Waals surface area contributed by atoms with Crippen molar-refractivity contribution in [1.29, 1.82) is 0 Å². The van der Waals surface area contributed by atoms with Crippen LogP contribution in [-0.2, 0) is 19.1 Å². The molecule has 1 amide bonds. The summed E-state index contributed by atoms with van der Waals surface area (Å²) in [5.74, 6) is -1.23. The van der Waals surface area contributed by atoms with Gasteiger partial charge < -0.3 is 15.8 Å². The normalized spacial score (nSPS) is 13.5. The van der Waals surface area contributed by atoms with Crippen molar-refractivity contribution in [2.45, 2.75) is 12.0 Å². The molecule has 6 heteroatoms. The maximum absolute atomic E-state index is 12.6. The zero-order valence-corrected chi connectivity index (χ0v) is 13.5. The Kier molecular flexibility index (Phi) is 4.90. The van der Waals surface area contributed by atoms with Crippen molar-refractivity contribution in [2.75, 3.05) is 13.1 Å². The van der Waals surface area contributed by atoms with Gasteiger partial charge >= 0.3 is 0 Å². The van der Waals surface area contributed by atoms with Crippen LogP contribution in [-0.4, -0.2) is 37.4 Å². The van der Waals surface area contributed by atoms with Crippen molar-refractivity contribution in [3.8, 4) is 11.1 Å². The molecule has 0 saturated heterocycles. The first-order valence-corrected chi connectivity index (χ1v) is 7.94. The van der Waals surface area contributed by atoms with E-state index in [4.69, 9.17) is 10.5 Å². The molecule has 1 unspecified atom stereocenters. The van der Waals surface area contributed by atoms with E-state index in [1.807, 2.05) is 48.5 Å². The van der Waals surface area contributed by atoms with Gasteiger partial charge in [0.1, 0.15) is 0 Å². The van der Waals surface area contributed by atoms with Crippen molar-refractivity contribution in [3.63, 3.8) is 0 Å². The molecule has 0 saturated carbocycles. The number of amides is 1. The summed E-state index contributed by atoms with van der Waals surface area (Å²) >= 11 is 0. The Bertz CT molecular complexity index is 773. The fourth-order valence-electron chi connectivity index (χ4n) is 3.28. The predicted octanol–water partition coefficient (Wildman–Crippen LogP) is 0.985. The Morgan fingerprint density at radius 3 is 2.16 bits per heavy atom. The van der Waals surface area contributed by atoms with Crippen molar-refractivity contribution in [1.82, 2.24) is 5.32 Å². The third-order valence-electron chi connectivity index (χ3n) is 4.35. The van der Waals surface area contributed by atoms with Gasteiger partial charge in [-0.25, -0.2) is 0 Å². The van der Waals surface area contributed by atoms with Gasteiger partial charge in [0.15, 0.2) is 11.9 Å². The number of nitrogens with one attached hydrogen (secondary N) is 1. The van der Waals surface area contributed by atoms with Gasteiger partial charge in [-0.05, 0) is 22.3 Å². The molecule has 1 atom stereocenters. The van der Waals surface area contributed by atoms with E-state index in [2.05, 4.69) is 5.32 Å². The SMILES string of the molecule is NCC(=O)NCC(=O)C(OC=O)C1c2ccccc2-c2ccccc21. The standard InChI is InChI=1S/C19H18N2O4/c20-9-17(24)21-10-16(23)19(25-11-22)18-14-7-3-1-5-12(14)13-6-2-4-8-15(13)18/h1-8,11,18-19H,9-10,20H2,(H,21,24). The molecule has 2 aromatic carbocycles. The molecule has 0 heterocycles. The lowest BCUT2D eigenvalue weighted by Gasteiger charge is -2.23. The monoisotopic (exact) mass is 338 g/mol. The lowest BCUT2D eigenvalue weighted by atomic mass is 9.89. The van der Waals surface area contributed by atoms with Crippen LogP contribution in [0.1, 0.15) is 17.0 Å². The van der Waals surface area contributed by atoms with Crippen LogP contribution in [0.15, 0.2) is 48.5 Å². The lowest BCUT2D eigenvalue weighted by Crippen LogP contribution is -2.41. The summed E-state index contributed by atoms with van der Waals surface area (Å²) < 4.78 is 5.15. The first kappa shape index (κ1) is 16.9. The van der Waals surface area contributed by atoms with E-state index in [0.29, 0.717) is 0 Å². The molecule has 1 aliphatic carbocycles. The van der Waals surface area contributed by atoms with Crippen molar-refractivity contribution >= 4 is 18.2 Å². The van der Waals surface area contributed by atoms with Crippen molar-refractivity contribution in [2.24, 2.45) is 5.73 Å². The molecular formula is C19H18N2O4. The predicted molar refractivity (Wildman–Crippen MR) is 91.7 cm³/mol. The number of fused-ring (bicyclic) bond motifs is 3. The fraction of sp³-hybridized carbons (Fsp3) is 0.211. The van der Waals surface area contributed by atoms with Gasteiger partial charge in [0, 0.05) is 0 Å². The van der Waals surface area contributed by atoms with Crippen LogP contribution in [0, 0.1) is 0 Å². The summed E-state index contributed by atoms with van der Waals surface area (Å²) in [5.41, 5.74) is 9.11. The Hall–Kier alpha value is -2.99. The summed E-state index contributed by atoms with van der Waals surface area (Å²) in [7, 11) is 0. The molecular weight excluding hydrogens is 320 g/mol. The molecule has 3 rings (SSSR count). The van der Waals surface area contributed by atoms with E-state index in [1.54, 1.807) is 0 Å². The molecule has 6 nitrogen and oxygen atoms in total. The topological polar surface area (TPSA) is 98.5 Å². The van der Waals surface area contributed by atoms with Gasteiger partial charge in [-0.1, -0.05) is 48.5 Å². The molecule has 0 aromatic heterocycles. The van der Waals surface area contributed by atoms with Crippen LogP contribution >= 0.6 is 0 Å². The molecule has 128 valence electrons. The van der Waals surface area contributed by atoms with Crippen LogP contribution in [0.2, 0.25) is 0 Å². The summed E-state index contributed by atoms with van der Waals surface area (Å²) in [5, 5.41) is 2.43. The van der Waals surface area contributed by atoms with Crippen LogP contribution in [0.5, 0.6) is 0 Å². The fourth-order valence-corrected chi connectivity index (χ4v) is 3.28. The first-order chi connectivity index (χ1) is 12.2. The van der Waals surface area contributed by atoms with Gasteiger partial charge in [-0.2, -0.15) is 0 Å². The van der Waals surface area contributed by atoms with Crippen molar-refractivity contribution < 1.29 is 19.1 Å². The molecule has 0 aliphatic heterocycles. The third-order valence-corrected chi connectivity index (χ3v) is 4.35. The number of hydrogen-bond donors (Lipinski definition) is 2. The number of rotatable bonds is 7. The van der Waals surface area contributed by atoms with Gasteiger partial charge in [0.25, 0.3) is 6.47 Å². The smallest absolute Gasteiger partial charge is 0.293 e. The summed E-state index contributed by atoms with van der Waals surface area (Å²) in [6.45, 7) is -0.173. The van der Waals surface area contributed by atoms with E-state index in [-0.39, 0.29) is 25.3 Å². The second-order valence-electron chi connectivity index (χ2n) is 5.75. The van der Waals surface area contributed by atoms with Gasteiger partial charge in [0.05, 0.1) is 19.0 Å². The first-order valence-electron chi connectivity index (χ1n) is 7.94. The summed E-state index contributed by atoms with van der Waals surface area (Å²) in [6.07, 6.45) is -1.01. The van der Waals surface area contributed by atoms with Crippen LogP contribution in [0.25, 0.3) is 11.1 Å². The van der Waals surface area contributed by atoms with Crippen LogP contribution in [0.3, 0.4) is 0 Å². The van der Waals surface area contributed by atoms with Gasteiger partial charge in [-0.3, -0.25) is 14.4 Å². The second-order valence-corrected chi connectivity index (χ2v) is 5.75. The second kappa shape index (κ2) is 7.27. The Labute approximate surface area is 145 Å². The molecule has 1 aliphatic rings. The molecule has 0 radical (unpaired) electrons. The summed E-state index contributed by atoms with van der Waals surface area (Å²) in [6, 6.07) is 15.4. The minimum atomic E-state index is -1.01. The number of hydrogen-bond acceptors (Lipinski definition) is 5. The number of Topliss-reactive ketones (excluding diaryl/α,β-unsaturated/α-hetero) is 1. The lowest BCUT2D eigenvalue weighted by molar-refractivity contribution is -0.144. The zero-order chi connectivity index (χ0) is 17.8. The van der Waals surface area contributed by atoms with Gasteiger partial charge in [-0.15, -0.1) is 0 Å². The third kappa shape index (κ3) is 3.16. The van der Waals surface area contributed by atoms with E-state index in [1.165, 1.54) is 0 Å². The Morgan fingerprint density at radius 2 is 1.64 bits per heavy atom.